The Morgan fingerprint density at radius 3 is 2.48 bits per heavy atom. The number of benzene rings is 2. The molecular weight excluding hydrogens is 340 g/mol. The molecule has 4 heteroatoms. The minimum atomic E-state index is -1.01. The lowest BCUT2D eigenvalue weighted by Crippen LogP contribution is -2.48. The van der Waals surface area contributed by atoms with E-state index in [0.29, 0.717) is 12.2 Å². The van der Waals surface area contributed by atoms with Gasteiger partial charge in [-0.05, 0) is 36.1 Å². The van der Waals surface area contributed by atoms with Crippen LogP contribution in [-0.4, -0.2) is 18.4 Å². The van der Waals surface area contributed by atoms with E-state index >= 15 is 0 Å². The van der Waals surface area contributed by atoms with E-state index in [1.807, 2.05) is 54.6 Å². The first kappa shape index (κ1) is 16.5. The van der Waals surface area contributed by atoms with Crippen molar-refractivity contribution < 1.29 is 19.1 Å². The lowest BCUT2D eigenvalue weighted by molar-refractivity contribution is -0.142. The molecule has 0 amide bonds. The van der Waals surface area contributed by atoms with Crippen molar-refractivity contribution in [3.05, 3.63) is 76.9 Å². The number of fused-ring (bicyclic) bond motifs is 8. The van der Waals surface area contributed by atoms with Crippen LogP contribution in [0.25, 0.3) is 5.57 Å². The molecule has 1 saturated heterocycles. The minimum Gasteiger partial charge on any atom is -0.463 e. The normalized spacial score (nSPS) is 29.8. The number of hydrogen-bond acceptors (Lipinski definition) is 4. The van der Waals surface area contributed by atoms with Gasteiger partial charge < -0.3 is 9.47 Å². The number of ketones is 1. The number of esters is 1. The maximum absolute atomic E-state index is 12.9. The lowest BCUT2D eigenvalue weighted by atomic mass is 9.53. The zero-order valence-corrected chi connectivity index (χ0v) is 15.3. The molecule has 136 valence electrons. The van der Waals surface area contributed by atoms with Gasteiger partial charge in [-0.15, -0.1) is 0 Å². The van der Waals surface area contributed by atoms with Crippen molar-refractivity contribution in [2.24, 2.45) is 11.8 Å². The molecular formula is C23H20O4. The fraction of sp³-hybridized carbons (Fsp3) is 0.304. The predicted molar refractivity (Wildman–Crippen MR) is 99.6 cm³/mol. The highest BCUT2D eigenvalue weighted by Crippen LogP contribution is 2.71. The molecule has 2 aliphatic heterocycles. The average Bonchev–Trinajstić information content (AvgIpc) is 3.13. The van der Waals surface area contributed by atoms with Crippen LogP contribution in [0.2, 0.25) is 0 Å². The highest BCUT2D eigenvalue weighted by Gasteiger charge is 2.71. The molecule has 0 unspecified atom stereocenters. The first-order valence-electron chi connectivity index (χ1n) is 9.36. The molecule has 2 aromatic carbocycles. The van der Waals surface area contributed by atoms with Gasteiger partial charge in [-0.1, -0.05) is 54.6 Å². The summed E-state index contributed by atoms with van der Waals surface area (Å²) in [7, 11) is 0. The van der Waals surface area contributed by atoms with Crippen LogP contribution in [0.4, 0.5) is 0 Å². The largest absolute Gasteiger partial charge is 0.463 e. The Balaban J connectivity index is 1.74. The first-order chi connectivity index (χ1) is 13.1. The van der Waals surface area contributed by atoms with Crippen molar-refractivity contribution in [2.75, 3.05) is 6.61 Å². The van der Waals surface area contributed by atoms with Crippen molar-refractivity contribution in [3.8, 4) is 0 Å². The standard InChI is InChI=1S/C23H20O4/c1-3-26-22(25)18-17(14-9-5-4-6-10-14)20-19(18)21-15-11-7-8-12-16(15)23(20,27-21)13(2)24/h4-12,19-21H,3H2,1-2H3/t19-,20+,21+,23-/m0/s1. The molecule has 0 spiro atoms. The molecule has 2 aromatic rings. The van der Waals surface area contributed by atoms with Crippen molar-refractivity contribution in [1.82, 2.24) is 0 Å². The van der Waals surface area contributed by atoms with Gasteiger partial charge in [0.15, 0.2) is 11.4 Å². The number of ether oxygens (including phenoxy) is 2. The molecule has 0 radical (unpaired) electrons. The molecule has 4 nitrogen and oxygen atoms in total. The van der Waals surface area contributed by atoms with E-state index in [1.54, 1.807) is 13.8 Å². The van der Waals surface area contributed by atoms with Crippen LogP contribution in [0.3, 0.4) is 0 Å². The van der Waals surface area contributed by atoms with Crippen molar-refractivity contribution in [2.45, 2.75) is 25.6 Å². The third kappa shape index (κ3) is 1.91. The van der Waals surface area contributed by atoms with Gasteiger partial charge in [0.2, 0.25) is 0 Å². The van der Waals surface area contributed by atoms with E-state index in [-0.39, 0.29) is 29.7 Å². The molecule has 1 fully saturated rings. The summed E-state index contributed by atoms with van der Waals surface area (Å²) < 4.78 is 11.7. The fourth-order valence-electron chi connectivity index (χ4n) is 5.20. The Labute approximate surface area is 157 Å². The van der Waals surface area contributed by atoms with E-state index in [9.17, 15) is 9.59 Å². The second-order valence-corrected chi connectivity index (χ2v) is 7.33. The van der Waals surface area contributed by atoms with E-state index in [2.05, 4.69) is 0 Å². The molecule has 2 heterocycles. The highest BCUT2D eigenvalue weighted by molar-refractivity contribution is 6.07. The second-order valence-electron chi connectivity index (χ2n) is 7.33. The van der Waals surface area contributed by atoms with Crippen LogP contribution < -0.4 is 0 Å². The number of hydrogen-bond donors (Lipinski definition) is 0. The van der Waals surface area contributed by atoms with Gasteiger partial charge in [-0.2, -0.15) is 0 Å². The Kier molecular flexibility index (Phi) is 3.43. The smallest absolute Gasteiger partial charge is 0.334 e. The third-order valence-electron chi connectivity index (χ3n) is 6.14. The summed E-state index contributed by atoms with van der Waals surface area (Å²) in [5, 5.41) is 0. The number of carbonyl (C=O) groups excluding carboxylic acids is 2. The summed E-state index contributed by atoms with van der Waals surface area (Å²) in [6, 6.07) is 17.7. The molecule has 2 bridgehead atoms. The number of rotatable bonds is 4. The second kappa shape index (κ2) is 5.64. The van der Waals surface area contributed by atoms with Crippen LogP contribution in [0.5, 0.6) is 0 Å². The van der Waals surface area contributed by atoms with Crippen LogP contribution in [0, 0.1) is 11.8 Å². The summed E-state index contributed by atoms with van der Waals surface area (Å²) in [6.07, 6.45) is -0.276. The van der Waals surface area contributed by atoms with Crippen molar-refractivity contribution in [3.63, 3.8) is 0 Å². The lowest BCUT2D eigenvalue weighted by Gasteiger charge is -2.46. The number of Topliss-reactive ketones (excluding diaryl/α,β-unsaturated/α-hetero) is 1. The van der Waals surface area contributed by atoms with E-state index in [0.717, 1.165) is 22.3 Å². The van der Waals surface area contributed by atoms with Crippen LogP contribution >= 0.6 is 0 Å². The SMILES string of the molecule is CCOC(=O)C1=C(c2ccccc2)[C@@H]2[C@H]1[C@@H]1O[C@@]2(C(C)=O)c2ccccc21. The van der Waals surface area contributed by atoms with Crippen LogP contribution in [0.1, 0.15) is 36.6 Å². The van der Waals surface area contributed by atoms with E-state index < -0.39 is 5.60 Å². The zero-order chi connectivity index (χ0) is 18.8. The summed E-state index contributed by atoms with van der Waals surface area (Å²) in [5.74, 6) is -0.610. The number of carbonyl (C=O) groups is 2. The van der Waals surface area contributed by atoms with Crippen molar-refractivity contribution in [1.29, 1.82) is 0 Å². The summed E-state index contributed by atoms with van der Waals surface area (Å²) >= 11 is 0. The molecule has 0 aromatic heterocycles. The van der Waals surface area contributed by atoms with Gasteiger partial charge in [0.25, 0.3) is 0 Å². The van der Waals surface area contributed by atoms with Crippen LogP contribution in [-0.2, 0) is 24.7 Å². The first-order valence-corrected chi connectivity index (χ1v) is 9.36. The molecule has 4 atom stereocenters. The maximum Gasteiger partial charge on any atom is 0.334 e. The molecule has 5 rings (SSSR count). The Morgan fingerprint density at radius 1 is 1.07 bits per heavy atom. The molecule has 0 N–H and O–H groups in total. The quantitative estimate of drug-likeness (QED) is 0.778. The van der Waals surface area contributed by atoms with Gasteiger partial charge in [-0.3, -0.25) is 4.79 Å². The summed E-state index contributed by atoms with van der Waals surface area (Å²) in [4.78, 5) is 25.7. The monoisotopic (exact) mass is 360 g/mol. The molecule has 27 heavy (non-hydrogen) atoms. The Hall–Kier alpha value is -2.72. The van der Waals surface area contributed by atoms with Crippen molar-refractivity contribution >= 4 is 17.3 Å². The van der Waals surface area contributed by atoms with Gasteiger partial charge in [0, 0.05) is 17.4 Å². The molecule has 1 aliphatic carbocycles. The maximum atomic E-state index is 12.9. The van der Waals surface area contributed by atoms with E-state index in [4.69, 9.17) is 9.47 Å². The molecule has 3 aliphatic rings. The Morgan fingerprint density at radius 2 is 1.78 bits per heavy atom. The minimum absolute atomic E-state index is 0.0127. The van der Waals surface area contributed by atoms with Gasteiger partial charge in [-0.25, -0.2) is 4.79 Å². The highest BCUT2D eigenvalue weighted by atomic mass is 16.5. The topological polar surface area (TPSA) is 52.6 Å². The average molecular weight is 360 g/mol. The predicted octanol–water partition coefficient (Wildman–Crippen LogP) is 3.82. The van der Waals surface area contributed by atoms with E-state index in [1.165, 1.54) is 0 Å². The summed E-state index contributed by atoms with van der Waals surface area (Å²) in [6.45, 7) is 3.72. The molecule has 0 saturated carbocycles. The summed E-state index contributed by atoms with van der Waals surface area (Å²) in [5.41, 5.74) is 3.47. The van der Waals surface area contributed by atoms with Crippen LogP contribution in [0.15, 0.2) is 60.2 Å². The van der Waals surface area contributed by atoms with Gasteiger partial charge in [0.05, 0.1) is 12.7 Å². The Bertz CT molecular complexity index is 990. The van der Waals surface area contributed by atoms with Gasteiger partial charge >= 0.3 is 5.97 Å². The fourth-order valence-corrected chi connectivity index (χ4v) is 5.20. The third-order valence-corrected chi connectivity index (χ3v) is 6.14. The van der Waals surface area contributed by atoms with Gasteiger partial charge in [0.1, 0.15) is 0 Å². The zero-order valence-electron chi connectivity index (χ0n) is 15.3.